The summed E-state index contributed by atoms with van der Waals surface area (Å²) in [5.41, 5.74) is 1.61. The maximum atomic E-state index is 9.12. The molecule has 80 valence electrons. The third-order valence-corrected chi connectivity index (χ3v) is 2.63. The summed E-state index contributed by atoms with van der Waals surface area (Å²) in [6.07, 6.45) is -1.58. The molecule has 4 heteroatoms. The van der Waals surface area contributed by atoms with Gasteiger partial charge in [-0.15, -0.1) is 0 Å². The monoisotopic (exact) mass is 214 g/mol. The zero-order valence-electron chi connectivity index (χ0n) is 8.38. The Morgan fingerprint density at radius 2 is 1.81 bits per heavy atom. The summed E-state index contributed by atoms with van der Waals surface area (Å²) >= 11 is 0. The van der Waals surface area contributed by atoms with Crippen LogP contribution >= 0.6 is 0 Å². The van der Waals surface area contributed by atoms with Gasteiger partial charge in [-0.25, -0.2) is 4.99 Å². The van der Waals surface area contributed by atoms with Crippen molar-refractivity contribution in [3.63, 3.8) is 0 Å². The van der Waals surface area contributed by atoms with Gasteiger partial charge < -0.3 is 15.5 Å². The van der Waals surface area contributed by atoms with Crippen LogP contribution in [0.15, 0.2) is 41.4 Å². The van der Waals surface area contributed by atoms with Gasteiger partial charge in [0.1, 0.15) is 0 Å². The van der Waals surface area contributed by atoms with E-state index in [4.69, 9.17) is 10.2 Å². The number of hydrogen-bond donors (Lipinski definition) is 3. The van der Waals surface area contributed by atoms with Crippen LogP contribution in [0.4, 0.5) is 11.4 Å². The van der Waals surface area contributed by atoms with Crippen LogP contribution in [0.3, 0.4) is 0 Å². The number of anilines is 1. The molecule has 0 spiro atoms. The topological polar surface area (TPSA) is 64.8 Å². The highest BCUT2D eigenvalue weighted by molar-refractivity contribution is 6.14. The van der Waals surface area contributed by atoms with E-state index in [0.717, 1.165) is 22.1 Å². The molecule has 0 atom stereocenters. The average Bonchev–Trinajstić information content (AvgIpc) is 2.29. The largest absolute Gasteiger partial charge is 0.362 e. The number of nitrogens with one attached hydrogen (secondary N) is 1. The Morgan fingerprint density at radius 1 is 1.06 bits per heavy atom. The zero-order chi connectivity index (χ0) is 11.1. The highest BCUT2D eigenvalue weighted by atomic mass is 16.5. The van der Waals surface area contributed by atoms with E-state index in [1.165, 1.54) is 0 Å². The average molecular weight is 214 g/mol. The molecule has 1 aliphatic rings. The fourth-order valence-electron chi connectivity index (χ4n) is 1.94. The lowest BCUT2D eigenvalue weighted by atomic mass is 10.1. The Balaban J connectivity index is 2.32. The molecule has 0 aliphatic carbocycles. The first-order valence-corrected chi connectivity index (χ1v) is 4.99. The van der Waals surface area contributed by atoms with Crippen molar-refractivity contribution >= 4 is 28.0 Å². The van der Waals surface area contributed by atoms with Gasteiger partial charge in [-0.05, 0) is 17.5 Å². The molecule has 0 aromatic heterocycles. The van der Waals surface area contributed by atoms with Gasteiger partial charge in [0.05, 0.1) is 5.69 Å². The molecule has 0 radical (unpaired) electrons. The molecular weight excluding hydrogens is 204 g/mol. The molecular formula is C12H10N2O2. The summed E-state index contributed by atoms with van der Waals surface area (Å²) in [6.45, 7) is 0. The highest BCUT2D eigenvalue weighted by Gasteiger charge is 2.17. The van der Waals surface area contributed by atoms with Crippen LogP contribution in [0.2, 0.25) is 0 Å². The molecule has 3 N–H and O–H groups in total. The van der Waals surface area contributed by atoms with Crippen LogP contribution in [0.5, 0.6) is 0 Å². The zero-order valence-corrected chi connectivity index (χ0v) is 8.38. The second kappa shape index (κ2) is 3.30. The van der Waals surface area contributed by atoms with Crippen molar-refractivity contribution < 1.29 is 10.2 Å². The molecule has 1 heterocycles. The minimum absolute atomic E-state index is 0.159. The molecule has 16 heavy (non-hydrogen) atoms. The fraction of sp³-hybridized carbons (Fsp3) is 0.0833. The quantitative estimate of drug-likeness (QED) is 0.632. The molecule has 0 saturated carbocycles. The van der Waals surface area contributed by atoms with Gasteiger partial charge in [0.2, 0.25) is 6.29 Å². The molecule has 1 aliphatic heterocycles. The van der Waals surface area contributed by atoms with Crippen LogP contribution in [0, 0.1) is 0 Å². The molecule has 2 aromatic rings. The Hall–Kier alpha value is -1.91. The van der Waals surface area contributed by atoms with Gasteiger partial charge in [-0.3, -0.25) is 0 Å². The third kappa shape index (κ3) is 1.28. The summed E-state index contributed by atoms with van der Waals surface area (Å²) < 4.78 is 0. The van der Waals surface area contributed by atoms with E-state index in [1.54, 1.807) is 0 Å². The number of amidine groups is 1. The Bertz CT molecular complexity index is 585. The Labute approximate surface area is 91.9 Å². The third-order valence-electron chi connectivity index (χ3n) is 2.63. The SMILES string of the molecule is OC(O)C1=Nc2cccc3cccc(c23)N1. The van der Waals surface area contributed by atoms with Gasteiger partial charge >= 0.3 is 0 Å². The van der Waals surface area contributed by atoms with E-state index in [2.05, 4.69) is 10.3 Å². The van der Waals surface area contributed by atoms with Crippen molar-refractivity contribution in [2.45, 2.75) is 6.29 Å². The number of nitrogens with zero attached hydrogens (tertiary/aromatic N) is 1. The van der Waals surface area contributed by atoms with Gasteiger partial charge in [0.25, 0.3) is 0 Å². The summed E-state index contributed by atoms with van der Waals surface area (Å²) in [5.74, 6) is 0.159. The van der Waals surface area contributed by atoms with Crippen LogP contribution in [0.1, 0.15) is 0 Å². The lowest BCUT2D eigenvalue weighted by molar-refractivity contribution is 0.0196. The molecule has 0 amide bonds. The van der Waals surface area contributed by atoms with Crippen molar-refractivity contribution in [2.75, 3.05) is 5.32 Å². The summed E-state index contributed by atoms with van der Waals surface area (Å²) in [7, 11) is 0. The molecule has 4 nitrogen and oxygen atoms in total. The second-order valence-electron chi connectivity index (χ2n) is 3.68. The number of hydrogen-bond acceptors (Lipinski definition) is 4. The molecule has 2 aromatic carbocycles. The van der Waals surface area contributed by atoms with Crippen LogP contribution in [-0.4, -0.2) is 22.3 Å². The first-order valence-electron chi connectivity index (χ1n) is 4.99. The van der Waals surface area contributed by atoms with Gasteiger partial charge in [-0.1, -0.05) is 24.3 Å². The Kier molecular flexibility index (Phi) is 1.92. The van der Waals surface area contributed by atoms with Crippen LogP contribution in [0.25, 0.3) is 10.8 Å². The molecule has 0 saturated heterocycles. The predicted octanol–water partition coefficient (Wildman–Crippen LogP) is 1.61. The van der Waals surface area contributed by atoms with Crippen molar-refractivity contribution in [2.24, 2.45) is 4.99 Å². The van der Waals surface area contributed by atoms with E-state index in [-0.39, 0.29) is 5.84 Å². The number of aliphatic imine (C=N–C) groups is 1. The van der Waals surface area contributed by atoms with Crippen molar-refractivity contribution in [1.82, 2.24) is 0 Å². The van der Waals surface area contributed by atoms with E-state index >= 15 is 0 Å². The van der Waals surface area contributed by atoms with Gasteiger partial charge in [0.15, 0.2) is 5.84 Å². The lowest BCUT2D eigenvalue weighted by Gasteiger charge is -2.19. The van der Waals surface area contributed by atoms with Gasteiger partial charge in [-0.2, -0.15) is 0 Å². The normalized spacial score (nSPS) is 13.8. The standard InChI is InChI=1S/C12H10N2O2/c15-12(16)11-13-8-5-1-3-7-4-2-6-9(14-11)10(7)8/h1-6,12,15-16H,(H,13,14). The van der Waals surface area contributed by atoms with Crippen LogP contribution in [-0.2, 0) is 0 Å². The first-order chi connectivity index (χ1) is 7.75. The number of aliphatic hydroxyl groups excluding tert-OH is 1. The molecule has 0 fully saturated rings. The van der Waals surface area contributed by atoms with E-state index in [0.29, 0.717) is 0 Å². The lowest BCUT2D eigenvalue weighted by Crippen LogP contribution is -2.28. The van der Waals surface area contributed by atoms with E-state index < -0.39 is 6.29 Å². The van der Waals surface area contributed by atoms with E-state index in [9.17, 15) is 0 Å². The Morgan fingerprint density at radius 3 is 2.56 bits per heavy atom. The summed E-state index contributed by atoms with van der Waals surface area (Å²) in [5, 5.41) is 23.2. The second-order valence-corrected chi connectivity index (χ2v) is 3.68. The summed E-state index contributed by atoms with van der Waals surface area (Å²) in [4.78, 5) is 4.17. The minimum atomic E-state index is -1.58. The smallest absolute Gasteiger partial charge is 0.212 e. The molecule has 3 rings (SSSR count). The number of rotatable bonds is 1. The maximum Gasteiger partial charge on any atom is 0.212 e. The van der Waals surface area contributed by atoms with Crippen molar-refractivity contribution in [3.05, 3.63) is 36.4 Å². The minimum Gasteiger partial charge on any atom is -0.362 e. The molecule has 0 unspecified atom stereocenters. The highest BCUT2D eigenvalue weighted by Crippen LogP contribution is 2.35. The van der Waals surface area contributed by atoms with E-state index in [1.807, 2.05) is 36.4 Å². The van der Waals surface area contributed by atoms with Gasteiger partial charge in [0, 0.05) is 11.1 Å². The maximum absolute atomic E-state index is 9.12. The summed E-state index contributed by atoms with van der Waals surface area (Å²) in [6, 6.07) is 11.6. The van der Waals surface area contributed by atoms with Crippen molar-refractivity contribution in [1.29, 1.82) is 0 Å². The predicted molar refractivity (Wildman–Crippen MR) is 62.9 cm³/mol. The molecule has 0 bridgehead atoms. The first kappa shape index (κ1) is 9.33. The number of aliphatic hydroxyl groups is 2. The fourth-order valence-corrected chi connectivity index (χ4v) is 1.94. The van der Waals surface area contributed by atoms with Crippen molar-refractivity contribution in [3.8, 4) is 0 Å². The number of benzene rings is 2. The van der Waals surface area contributed by atoms with Crippen LogP contribution < -0.4 is 5.32 Å².